The van der Waals surface area contributed by atoms with Crippen LogP contribution in [0.3, 0.4) is 0 Å². The van der Waals surface area contributed by atoms with Crippen LogP contribution in [0.15, 0.2) is 47.4 Å². The van der Waals surface area contributed by atoms with Crippen molar-refractivity contribution in [3.8, 4) is 5.75 Å². The average molecular weight is 334 g/mol. The normalized spacial score (nSPS) is 11.5. The van der Waals surface area contributed by atoms with Gasteiger partial charge in [-0.25, -0.2) is 4.79 Å². The molecule has 0 bridgehead atoms. The van der Waals surface area contributed by atoms with E-state index in [1.807, 2.05) is 0 Å². The van der Waals surface area contributed by atoms with Crippen LogP contribution in [0.5, 0.6) is 5.75 Å². The molecule has 0 amide bonds. The summed E-state index contributed by atoms with van der Waals surface area (Å²) < 4.78 is 37.8. The fourth-order valence-corrected chi connectivity index (χ4v) is 3.11. The number of carbonyl (C=O) groups excluding carboxylic acids is 1. The Hall–Kier alpha value is -2.18. The van der Waals surface area contributed by atoms with E-state index in [0.717, 1.165) is 0 Å². The highest BCUT2D eigenvalue weighted by Gasteiger charge is 2.21. The number of esters is 1. The van der Waals surface area contributed by atoms with Gasteiger partial charge in [-0.05, 0) is 48.2 Å². The van der Waals surface area contributed by atoms with Crippen molar-refractivity contribution in [3.05, 3.63) is 59.2 Å². The molecule has 122 valence electrons. The van der Waals surface area contributed by atoms with E-state index in [4.69, 9.17) is 4.74 Å². The Morgan fingerprint density at radius 1 is 1.13 bits per heavy atom. The first-order chi connectivity index (χ1) is 10.7. The van der Waals surface area contributed by atoms with Gasteiger partial charge in [0.15, 0.2) is 0 Å². The van der Waals surface area contributed by atoms with Crippen LogP contribution in [0.2, 0.25) is 0 Å². The van der Waals surface area contributed by atoms with Crippen LogP contribution in [0.1, 0.15) is 41.3 Å². The third-order valence-electron chi connectivity index (χ3n) is 3.42. The average Bonchev–Trinajstić information content (AvgIpc) is 2.48. The van der Waals surface area contributed by atoms with Gasteiger partial charge in [0.05, 0.1) is 10.5 Å². The number of ether oxygens (including phenoxy) is 1. The fourth-order valence-electron chi connectivity index (χ4n) is 2.19. The summed E-state index contributed by atoms with van der Waals surface area (Å²) in [5.74, 6) is -0.417. The second-order valence-electron chi connectivity index (χ2n) is 5.54. The lowest BCUT2D eigenvalue weighted by Gasteiger charge is -2.15. The highest BCUT2D eigenvalue weighted by molar-refractivity contribution is 7.85. The first-order valence-corrected chi connectivity index (χ1v) is 8.53. The Kier molecular flexibility index (Phi) is 4.87. The minimum Gasteiger partial charge on any atom is -0.423 e. The van der Waals surface area contributed by atoms with Crippen LogP contribution in [0.4, 0.5) is 0 Å². The van der Waals surface area contributed by atoms with Crippen LogP contribution in [0, 0.1) is 6.92 Å². The van der Waals surface area contributed by atoms with Gasteiger partial charge < -0.3 is 4.74 Å². The van der Waals surface area contributed by atoms with Crippen molar-refractivity contribution in [1.82, 2.24) is 0 Å². The summed E-state index contributed by atoms with van der Waals surface area (Å²) in [5.41, 5.74) is 1.25. The van der Waals surface area contributed by atoms with Crippen molar-refractivity contribution in [1.29, 1.82) is 0 Å². The first-order valence-electron chi connectivity index (χ1n) is 7.09. The molecule has 23 heavy (non-hydrogen) atoms. The van der Waals surface area contributed by atoms with Gasteiger partial charge in [-0.3, -0.25) is 4.55 Å². The van der Waals surface area contributed by atoms with Gasteiger partial charge in [-0.15, -0.1) is 0 Å². The fraction of sp³-hybridized carbons (Fsp3) is 0.235. The number of benzene rings is 2. The minimum atomic E-state index is -4.34. The van der Waals surface area contributed by atoms with Gasteiger partial charge in [0.1, 0.15) is 5.75 Å². The van der Waals surface area contributed by atoms with Crippen LogP contribution in [0.25, 0.3) is 0 Å². The number of hydrogen-bond donors (Lipinski definition) is 1. The van der Waals surface area contributed by atoms with E-state index in [-0.39, 0.29) is 16.6 Å². The molecule has 0 unspecified atom stereocenters. The molecule has 0 aliphatic rings. The van der Waals surface area contributed by atoms with Crippen molar-refractivity contribution < 1.29 is 22.5 Å². The summed E-state index contributed by atoms with van der Waals surface area (Å²) in [5, 5.41) is 0. The molecule has 2 aromatic carbocycles. The van der Waals surface area contributed by atoms with Crippen LogP contribution >= 0.6 is 0 Å². The maximum atomic E-state index is 12.1. The summed E-state index contributed by atoms with van der Waals surface area (Å²) in [7, 11) is -4.34. The molecule has 0 saturated heterocycles. The monoisotopic (exact) mass is 334 g/mol. The predicted octanol–water partition coefficient (Wildman–Crippen LogP) is 3.58. The van der Waals surface area contributed by atoms with E-state index < -0.39 is 16.1 Å². The third kappa shape index (κ3) is 3.97. The Morgan fingerprint density at radius 2 is 1.74 bits per heavy atom. The summed E-state index contributed by atoms with van der Waals surface area (Å²) in [4.78, 5) is 12.0. The number of carbonyl (C=O) groups is 1. The molecule has 0 aliphatic carbocycles. The quantitative estimate of drug-likeness (QED) is 0.525. The summed E-state index contributed by atoms with van der Waals surface area (Å²) in [6.07, 6.45) is 0. The number of rotatable bonds is 4. The molecular weight excluding hydrogens is 316 g/mol. The van der Waals surface area contributed by atoms with Gasteiger partial charge in [-0.1, -0.05) is 32.0 Å². The van der Waals surface area contributed by atoms with Gasteiger partial charge in [0, 0.05) is 0 Å². The maximum absolute atomic E-state index is 12.1. The summed E-state index contributed by atoms with van der Waals surface area (Å²) >= 11 is 0. The number of aryl methyl sites for hydroxylation is 1. The van der Waals surface area contributed by atoms with Gasteiger partial charge in [0.25, 0.3) is 10.1 Å². The molecule has 0 heterocycles. The predicted molar refractivity (Wildman–Crippen MR) is 86.5 cm³/mol. The summed E-state index contributed by atoms with van der Waals surface area (Å²) in [6, 6.07) is 11.3. The third-order valence-corrected chi connectivity index (χ3v) is 4.33. The van der Waals surface area contributed by atoms with Crippen LogP contribution in [-0.2, 0) is 10.1 Å². The Balaban J connectivity index is 2.45. The highest BCUT2D eigenvalue weighted by atomic mass is 32.2. The molecular formula is C17H18O5S. The van der Waals surface area contributed by atoms with E-state index in [1.54, 1.807) is 51.1 Å². The van der Waals surface area contributed by atoms with E-state index in [9.17, 15) is 17.8 Å². The molecule has 0 fully saturated rings. The van der Waals surface area contributed by atoms with Crippen molar-refractivity contribution in [2.75, 3.05) is 0 Å². The molecule has 2 aromatic rings. The van der Waals surface area contributed by atoms with Gasteiger partial charge in [0.2, 0.25) is 0 Å². The lowest BCUT2D eigenvalue weighted by atomic mass is 10.0. The molecule has 1 N–H and O–H groups in total. The van der Waals surface area contributed by atoms with Crippen molar-refractivity contribution in [3.63, 3.8) is 0 Å². The van der Waals surface area contributed by atoms with Crippen molar-refractivity contribution >= 4 is 16.1 Å². The molecule has 2 rings (SSSR count). The lowest BCUT2D eigenvalue weighted by Crippen LogP contribution is -2.11. The zero-order valence-corrected chi connectivity index (χ0v) is 13.9. The second-order valence-corrected chi connectivity index (χ2v) is 6.93. The van der Waals surface area contributed by atoms with E-state index in [1.165, 1.54) is 12.1 Å². The highest BCUT2D eigenvalue weighted by Crippen LogP contribution is 2.31. The Labute approximate surface area is 135 Å². The van der Waals surface area contributed by atoms with Gasteiger partial charge >= 0.3 is 5.97 Å². The molecule has 0 radical (unpaired) electrons. The lowest BCUT2D eigenvalue weighted by molar-refractivity contribution is 0.0733. The second kappa shape index (κ2) is 6.52. The van der Waals surface area contributed by atoms with Crippen LogP contribution < -0.4 is 4.74 Å². The molecule has 0 atom stereocenters. The molecule has 0 saturated carbocycles. The molecule has 5 nitrogen and oxygen atoms in total. The van der Waals surface area contributed by atoms with E-state index in [0.29, 0.717) is 16.7 Å². The molecule has 0 aliphatic heterocycles. The SMILES string of the molecule is Cc1cc(S(=O)(=O)O)c(C(C)C)cc1OC(=O)c1ccccc1. The zero-order chi connectivity index (χ0) is 17.2. The van der Waals surface area contributed by atoms with E-state index in [2.05, 4.69) is 0 Å². The smallest absolute Gasteiger partial charge is 0.343 e. The van der Waals surface area contributed by atoms with Crippen molar-refractivity contribution in [2.24, 2.45) is 0 Å². The minimum absolute atomic E-state index is 0.162. The number of hydrogen-bond acceptors (Lipinski definition) is 4. The molecule has 0 spiro atoms. The standard InChI is InChI=1S/C17H18O5S/c1-11(2)14-10-15(12(3)9-16(14)23(19,20)21)22-17(18)13-7-5-4-6-8-13/h4-11H,1-3H3,(H,19,20,21). The van der Waals surface area contributed by atoms with E-state index >= 15 is 0 Å². The Morgan fingerprint density at radius 3 is 2.26 bits per heavy atom. The zero-order valence-electron chi connectivity index (χ0n) is 13.1. The first kappa shape index (κ1) is 17.2. The van der Waals surface area contributed by atoms with Crippen molar-refractivity contribution in [2.45, 2.75) is 31.6 Å². The largest absolute Gasteiger partial charge is 0.423 e. The maximum Gasteiger partial charge on any atom is 0.343 e. The topological polar surface area (TPSA) is 80.7 Å². The Bertz CT molecular complexity index is 824. The molecule has 0 aromatic heterocycles. The summed E-state index contributed by atoms with van der Waals surface area (Å²) in [6.45, 7) is 5.21. The van der Waals surface area contributed by atoms with Gasteiger partial charge in [-0.2, -0.15) is 8.42 Å². The van der Waals surface area contributed by atoms with Crippen LogP contribution in [-0.4, -0.2) is 18.9 Å². The molecule has 6 heteroatoms.